The highest BCUT2D eigenvalue weighted by Gasteiger charge is 1.94. The van der Waals surface area contributed by atoms with E-state index in [1.54, 1.807) is 0 Å². The molecule has 0 bridgehead atoms. The molecule has 1 nitrogen and oxygen atoms in total. The molecule has 0 aromatic heterocycles. The van der Waals surface area contributed by atoms with Crippen molar-refractivity contribution in [2.75, 3.05) is 0 Å². The van der Waals surface area contributed by atoms with Crippen LogP contribution in [-0.4, -0.2) is 10.5 Å². The van der Waals surface area contributed by atoms with Crippen LogP contribution in [0.1, 0.15) is 20.8 Å². The standard InChI is InChI=1S/C7H11OSi/c1-5(2)6(3)7(4)8-9/h1H2,2-4H3. The zero-order valence-corrected chi connectivity index (χ0v) is 7.12. The Hall–Kier alpha value is -0.503. The van der Waals surface area contributed by atoms with Gasteiger partial charge in [0.05, 0.1) is 5.76 Å². The van der Waals surface area contributed by atoms with Crippen LogP contribution in [0.15, 0.2) is 23.5 Å². The summed E-state index contributed by atoms with van der Waals surface area (Å²) in [7, 11) is 2.93. The Morgan fingerprint density at radius 1 is 1.33 bits per heavy atom. The lowest BCUT2D eigenvalue weighted by atomic mass is 10.1. The lowest BCUT2D eigenvalue weighted by Crippen LogP contribution is -1.87. The number of rotatable bonds is 2. The highest BCUT2D eigenvalue weighted by molar-refractivity contribution is 5.98. The van der Waals surface area contributed by atoms with Gasteiger partial charge in [0.1, 0.15) is 0 Å². The molecule has 0 aliphatic rings. The molecule has 3 radical (unpaired) electrons. The molecule has 9 heavy (non-hydrogen) atoms. The van der Waals surface area contributed by atoms with Crippen LogP contribution in [0.2, 0.25) is 0 Å². The predicted molar refractivity (Wildman–Crippen MR) is 40.0 cm³/mol. The third kappa shape index (κ3) is 2.51. The Morgan fingerprint density at radius 2 is 1.78 bits per heavy atom. The fourth-order valence-electron chi connectivity index (χ4n) is 0.377. The van der Waals surface area contributed by atoms with Crippen LogP contribution in [0.25, 0.3) is 0 Å². The van der Waals surface area contributed by atoms with Crippen molar-refractivity contribution >= 4 is 10.5 Å². The van der Waals surface area contributed by atoms with Gasteiger partial charge in [-0.15, -0.1) is 0 Å². The smallest absolute Gasteiger partial charge is 0.340 e. The average molecular weight is 139 g/mol. The maximum Gasteiger partial charge on any atom is 0.340 e. The van der Waals surface area contributed by atoms with Gasteiger partial charge in [-0.1, -0.05) is 12.2 Å². The molecule has 49 valence electrons. The first-order valence-corrected chi connectivity index (χ1v) is 3.17. The molecule has 0 aliphatic carbocycles. The minimum Gasteiger partial charge on any atom is -0.543 e. The Kier molecular flexibility index (Phi) is 3.31. The van der Waals surface area contributed by atoms with Crippen LogP contribution in [0.3, 0.4) is 0 Å². The second kappa shape index (κ2) is 3.51. The van der Waals surface area contributed by atoms with Crippen molar-refractivity contribution in [3.8, 4) is 0 Å². The predicted octanol–water partition coefficient (Wildman–Crippen LogP) is 1.96. The van der Waals surface area contributed by atoms with Crippen molar-refractivity contribution < 1.29 is 4.43 Å². The van der Waals surface area contributed by atoms with Gasteiger partial charge in [-0.3, -0.25) is 0 Å². The number of allylic oxidation sites excluding steroid dienone is 3. The highest BCUT2D eigenvalue weighted by atomic mass is 28.2. The molecule has 0 N–H and O–H groups in total. The van der Waals surface area contributed by atoms with E-state index in [-0.39, 0.29) is 0 Å². The maximum absolute atomic E-state index is 4.80. The van der Waals surface area contributed by atoms with Crippen LogP contribution in [0.4, 0.5) is 0 Å². The summed E-state index contributed by atoms with van der Waals surface area (Å²) in [6.07, 6.45) is 0. The Balaban J connectivity index is 4.28. The quantitative estimate of drug-likeness (QED) is 0.323. The third-order valence-corrected chi connectivity index (χ3v) is 1.63. The second-order valence-electron chi connectivity index (χ2n) is 2.06. The molecule has 0 heterocycles. The largest absolute Gasteiger partial charge is 0.543 e. The second-order valence-corrected chi connectivity index (χ2v) is 2.27. The van der Waals surface area contributed by atoms with Gasteiger partial charge in [-0.2, -0.15) is 0 Å². The molecular formula is C7H11OSi. The first kappa shape index (κ1) is 8.50. The van der Waals surface area contributed by atoms with Gasteiger partial charge in [-0.25, -0.2) is 0 Å². The molecule has 2 heteroatoms. The van der Waals surface area contributed by atoms with Crippen molar-refractivity contribution in [1.82, 2.24) is 0 Å². The van der Waals surface area contributed by atoms with Crippen molar-refractivity contribution in [2.24, 2.45) is 0 Å². The van der Waals surface area contributed by atoms with Gasteiger partial charge in [-0.05, 0) is 26.3 Å². The minimum absolute atomic E-state index is 0.860. The van der Waals surface area contributed by atoms with E-state index in [0.29, 0.717) is 0 Å². The summed E-state index contributed by atoms with van der Waals surface area (Å²) >= 11 is 0. The topological polar surface area (TPSA) is 9.23 Å². The molecule has 0 unspecified atom stereocenters. The molecule has 0 rings (SSSR count). The average Bonchev–Trinajstić information content (AvgIpc) is 1.84. The molecular weight excluding hydrogens is 128 g/mol. The third-order valence-electron chi connectivity index (χ3n) is 1.32. The van der Waals surface area contributed by atoms with Gasteiger partial charge in [0.2, 0.25) is 0 Å². The van der Waals surface area contributed by atoms with E-state index in [2.05, 4.69) is 17.1 Å². The molecule has 0 fully saturated rings. The van der Waals surface area contributed by atoms with Crippen molar-refractivity contribution in [1.29, 1.82) is 0 Å². The summed E-state index contributed by atoms with van der Waals surface area (Å²) in [5.41, 5.74) is 2.12. The van der Waals surface area contributed by atoms with Crippen LogP contribution >= 0.6 is 0 Å². The Labute approximate surface area is 60.0 Å². The van der Waals surface area contributed by atoms with Gasteiger partial charge in [0, 0.05) is 0 Å². The summed E-state index contributed by atoms with van der Waals surface area (Å²) in [5, 5.41) is 0. The van der Waals surface area contributed by atoms with Gasteiger partial charge >= 0.3 is 10.5 Å². The number of hydrogen-bond donors (Lipinski definition) is 0. The van der Waals surface area contributed by atoms with E-state index in [4.69, 9.17) is 4.43 Å². The van der Waals surface area contributed by atoms with E-state index >= 15 is 0 Å². The lowest BCUT2D eigenvalue weighted by Gasteiger charge is -2.04. The zero-order valence-electron chi connectivity index (χ0n) is 6.12. The van der Waals surface area contributed by atoms with Crippen molar-refractivity contribution in [3.63, 3.8) is 0 Å². The van der Waals surface area contributed by atoms with Crippen LogP contribution < -0.4 is 0 Å². The number of hydrogen-bond acceptors (Lipinski definition) is 1. The van der Waals surface area contributed by atoms with Crippen LogP contribution in [0.5, 0.6) is 0 Å². The molecule has 0 saturated carbocycles. The fraction of sp³-hybridized carbons (Fsp3) is 0.429. The summed E-state index contributed by atoms with van der Waals surface area (Å²) in [6.45, 7) is 9.57. The SMILES string of the molecule is C=C(C)C(C)=C(C)O[Si]. The van der Waals surface area contributed by atoms with E-state index < -0.39 is 0 Å². The van der Waals surface area contributed by atoms with Gasteiger partial charge in [0.25, 0.3) is 0 Å². The summed E-state index contributed by atoms with van der Waals surface area (Å²) < 4.78 is 4.80. The van der Waals surface area contributed by atoms with Crippen LogP contribution in [-0.2, 0) is 4.43 Å². The lowest BCUT2D eigenvalue weighted by molar-refractivity contribution is 0.466. The van der Waals surface area contributed by atoms with E-state index in [1.165, 1.54) is 0 Å². The zero-order chi connectivity index (χ0) is 7.44. The normalized spacial score (nSPS) is 12.4. The van der Waals surface area contributed by atoms with Crippen molar-refractivity contribution in [3.05, 3.63) is 23.5 Å². The molecule has 0 aromatic carbocycles. The van der Waals surface area contributed by atoms with Gasteiger partial charge < -0.3 is 4.43 Å². The maximum atomic E-state index is 4.80. The minimum atomic E-state index is 0.860. The fourth-order valence-corrected chi connectivity index (χ4v) is 0.530. The highest BCUT2D eigenvalue weighted by Crippen LogP contribution is 2.10. The Morgan fingerprint density at radius 3 is 1.89 bits per heavy atom. The molecule has 0 aliphatic heterocycles. The first-order chi connectivity index (χ1) is 4.09. The van der Waals surface area contributed by atoms with Crippen molar-refractivity contribution in [2.45, 2.75) is 20.8 Å². The first-order valence-electron chi connectivity index (χ1n) is 2.76. The molecule has 0 amide bonds. The van der Waals surface area contributed by atoms with Crippen LogP contribution in [0, 0.1) is 0 Å². The van der Waals surface area contributed by atoms with Gasteiger partial charge in [0.15, 0.2) is 0 Å². The molecule has 0 saturated heterocycles. The monoisotopic (exact) mass is 139 g/mol. The van der Waals surface area contributed by atoms with E-state index in [9.17, 15) is 0 Å². The summed E-state index contributed by atoms with van der Waals surface area (Å²) in [5.74, 6) is 0.860. The van der Waals surface area contributed by atoms with E-state index in [0.717, 1.165) is 16.9 Å². The molecule has 0 atom stereocenters. The van der Waals surface area contributed by atoms with E-state index in [1.807, 2.05) is 20.8 Å². The molecule has 0 spiro atoms. The summed E-state index contributed by atoms with van der Waals surface area (Å²) in [6, 6.07) is 0. The Bertz CT molecular complexity index is 147. The summed E-state index contributed by atoms with van der Waals surface area (Å²) in [4.78, 5) is 0. The molecule has 0 aromatic rings.